The van der Waals surface area contributed by atoms with Crippen molar-refractivity contribution in [2.24, 2.45) is 0 Å². The monoisotopic (exact) mass is 592 g/mol. The summed E-state index contributed by atoms with van der Waals surface area (Å²) in [5, 5.41) is 9.48. The summed E-state index contributed by atoms with van der Waals surface area (Å²) in [7, 11) is 0. The van der Waals surface area contributed by atoms with Crippen LogP contribution >= 0.6 is 11.6 Å². The molecule has 10 nitrogen and oxygen atoms in total. The number of benzene rings is 2. The van der Waals surface area contributed by atoms with Crippen LogP contribution in [0.3, 0.4) is 0 Å². The quantitative estimate of drug-likeness (QED) is 0.365. The average Bonchev–Trinajstić information content (AvgIpc) is 2.94. The number of carboxylic acid groups (broad SMARTS) is 1. The highest BCUT2D eigenvalue weighted by Crippen LogP contribution is 2.40. The van der Waals surface area contributed by atoms with Crippen LogP contribution in [0.25, 0.3) is 11.1 Å². The zero-order valence-corrected chi connectivity index (χ0v) is 24.4. The number of aromatic nitrogens is 1. The molecule has 11 heteroatoms. The van der Waals surface area contributed by atoms with E-state index in [9.17, 15) is 14.4 Å². The molecule has 42 heavy (non-hydrogen) atoms. The van der Waals surface area contributed by atoms with Gasteiger partial charge in [0.1, 0.15) is 17.5 Å². The van der Waals surface area contributed by atoms with Gasteiger partial charge in [-0.3, -0.25) is 14.4 Å². The molecule has 2 aromatic carbocycles. The van der Waals surface area contributed by atoms with E-state index in [1.54, 1.807) is 54.8 Å². The molecule has 0 unspecified atom stereocenters. The van der Waals surface area contributed by atoms with Gasteiger partial charge in [-0.1, -0.05) is 35.9 Å². The third kappa shape index (κ3) is 5.85. The predicted octanol–water partition coefficient (Wildman–Crippen LogP) is 5.04. The highest BCUT2D eigenvalue weighted by atomic mass is 35.5. The van der Waals surface area contributed by atoms with Gasteiger partial charge in [0.25, 0.3) is 11.8 Å². The number of likely N-dealkylation sites (tertiary alicyclic amines) is 1. The van der Waals surface area contributed by atoms with Crippen LogP contribution < -0.4 is 20.1 Å². The van der Waals surface area contributed by atoms with E-state index in [-0.39, 0.29) is 24.3 Å². The molecule has 5 rings (SSSR count). The van der Waals surface area contributed by atoms with E-state index in [4.69, 9.17) is 31.9 Å². The molecule has 1 saturated heterocycles. The summed E-state index contributed by atoms with van der Waals surface area (Å²) in [6.45, 7) is 6.01. The first-order valence-corrected chi connectivity index (χ1v) is 14.2. The van der Waals surface area contributed by atoms with Gasteiger partial charge in [-0.05, 0) is 63.4 Å². The van der Waals surface area contributed by atoms with Crippen LogP contribution in [0.15, 0.2) is 54.7 Å². The fourth-order valence-corrected chi connectivity index (χ4v) is 5.60. The van der Waals surface area contributed by atoms with E-state index in [0.29, 0.717) is 59.5 Å². The Balaban J connectivity index is 1.30. The van der Waals surface area contributed by atoms with Gasteiger partial charge in [0.2, 0.25) is 5.88 Å². The number of hydrogen-bond donors (Lipinski definition) is 2. The minimum absolute atomic E-state index is 0.130. The third-order valence-electron chi connectivity index (χ3n) is 7.53. The van der Waals surface area contributed by atoms with Crippen LogP contribution in [0, 0.1) is 0 Å². The molecule has 0 spiro atoms. The maximum Gasteiger partial charge on any atom is 0.307 e. The van der Waals surface area contributed by atoms with Crippen molar-refractivity contribution in [3.05, 3.63) is 65.3 Å². The van der Waals surface area contributed by atoms with Gasteiger partial charge in [-0.15, -0.1) is 0 Å². The Kier molecular flexibility index (Phi) is 8.01. The number of anilines is 2. The second-order valence-corrected chi connectivity index (χ2v) is 11.5. The Labute approximate surface area is 249 Å². The van der Waals surface area contributed by atoms with Crippen LogP contribution in [-0.4, -0.2) is 63.6 Å². The molecule has 3 N–H and O–H groups in total. The average molecular weight is 593 g/mol. The first kappa shape index (κ1) is 29.2. The second kappa shape index (κ2) is 11.5. The number of rotatable bonds is 7. The largest absolute Gasteiger partial charge is 0.489 e. The summed E-state index contributed by atoms with van der Waals surface area (Å²) in [6.07, 6.45) is 1.97. The summed E-state index contributed by atoms with van der Waals surface area (Å²) in [4.78, 5) is 45.7. The fourth-order valence-electron chi connectivity index (χ4n) is 5.45. The van der Waals surface area contributed by atoms with Crippen molar-refractivity contribution < 1.29 is 29.0 Å². The van der Waals surface area contributed by atoms with E-state index in [2.05, 4.69) is 4.98 Å². The zero-order valence-electron chi connectivity index (χ0n) is 23.7. The molecule has 1 fully saturated rings. The van der Waals surface area contributed by atoms with Crippen molar-refractivity contribution in [3.63, 3.8) is 0 Å². The highest BCUT2D eigenvalue weighted by molar-refractivity contribution is 6.31. The van der Waals surface area contributed by atoms with Crippen molar-refractivity contribution in [2.45, 2.75) is 57.8 Å². The molecule has 3 aromatic rings. The van der Waals surface area contributed by atoms with Gasteiger partial charge in [0, 0.05) is 36.6 Å². The molecule has 2 aliphatic rings. The molecule has 0 aliphatic carbocycles. The van der Waals surface area contributed by atoms with Crippen molar-refractivity contribution >= 4 is 40.8 Å². The van der Waals surface area contributed by atoms with Crippen molar-refractivity contribution in [3.8, 4) is 22.8 Å². The Morgan fingerprint density at radius 2 is 1.90 bits per heavy atom. The maximum atomic E-state index is 13.5. The highest BCUT2D eigenvalue weighted by Gasteiger charge is 2.45. The van der Waals surface area contributed by atoms with Crippen molar-refractivity contribution in [1.82, 2.24) is 9.88 Å². The molecule has 3 heterocycles. The second-order valence-electron chi connectivity index (χ2n) is 11.1. The van der Waals surface area contributed by atoms with Crippen molar-refractivity contribution in [2.75, 3.05) is 23.7 Å². The number of fused-ring (bicyclic) bond motifs is 1. The minimum Gasteiger partial charge on any atom is -0.489 e. The summed E-state index contributed by atoms with van der Waals surface area (Å²) in [5.74, 6) is -0.409. The summed E-state index contributed by atoms with van der Waals surface area (Å²) in [5.41, 5.74) is 8.07. The molecular weight excluding hydrogens is 560 g/mol. The minimum atomic E-state index is -1.07. The number of pyridine rings is 1. The summed E-state index contributed by atoms with van der Waals surface area (Å²) in [6, 6.07) is 14.1. The molecule has 0 radical (unpaired) electrons. The lowest BCUT2D eigenvalue weighted by Gasteiger charge is -2.44. The number of para-hydroxylation sites is 1. The van der Waals surface area contributed by atoms with Crippen LogP contribution in [0.2, 0.25) is 5.02 Å². The smallest absolute Gasteiger partial charge is 0.307 e. The maximum absolute atomic E-state index is 13.5. The van der Waals surface area contributed by atoms with E-state index in [0.717, 1.165) is 11.1 Å². The number of carbonyl (C=O) groups is 3. The number of aliphatic carboxylic acids is 1. The van der Waals surface area contributed by atoms with Gasteiger partial charge >= 0.3 is 5.97 Å². The molecule has 220 valence electrons. The lowest BCUT2D eigenvalue weighted by molar-refractivity contribution is -0.138. The molecular formula is C31H33ClN4O6. The summed E-state index contributed by atoms with van der Waals surface area (Å²) < 4.78 is 11.7. The summed E-state index contributed by atoms with van der Waals surface area (Å²) >= 11 is 6.20. The lowest BCUT2D eigenvalue weighted by Crippen LogP contribution is -2.58. The Morgan fingerprint density at radius 1 is 1.19 bits per heavy atom. The van der Waals surface area contributed by atoms with Crippen LogP contribution in [0.4, 0.5) is 11.4 Å². The molecule has 1 atom stereocenters. The number of nitrogens with two attached hydrogens (primary N) is 1. The van der Waals surface area contributed by atoms with Gasteiger partial charge in [-0.2, -0.15) is 0 Å². The normalized spacial score (nSPS) is 17.3. The van der Waals surface area contributed by atoms with Gasteiger partial charge in [0.15, 0.2) is 5.60 Å². The number of carboxylic acids is 1. The predicted molar refractivity (Wildman–Crippen MR) is 159 cm³/mol. The van der Waals surface area contributed by atoms with Gasteiger partial charge < -0.3 is 30.1 Å². The Hall–Kier alpha value is -4.31. The van der Waals surface area contributed by atoms with E-state index in [1.165, 1.54) is 6.20 Å². The SMILES string of the molecule is C[C@H](CC(=O)O)Oc1ccccc1-c1ccc(C(=O)N2CCC(N3C(=O)C(C)(C)Oc4ncc(Cl)cc43)CC2)c(N)c1. The molecule has 2 aliphatic heterocycles. The lowest BCUT2D eigenvalue weighted by atomic mass is 9.96. The third-order valence-corrected chi connectivity index (χ3v) is 7.74. The number of hydrogen-bond acceptors (Lipinski definition) is 7. The van der Waals surface area contributed by atoms with Crippen LogP contribution in [0.5, 0.6) is 11.6 Å². The topological polar surface area (TPSA) is 135 Å². The van der Waals surface area contributed by atoms with Crippen LogP contribution in [0.1, 0.15) is 50.4 Å². The zero-order chi connectivity index (χ0) is 30.2. The van der Waals surface area contributed by atoms with Crippen molar-refractivity contribution in [1.29, 1.82) is 0 Å². The number of carbonyl (C=O) groups excluding carboxylic acids is 2. The standard InChI is InChI=1S/C31H33ClN4O6/c1-18(14-27(37)38)41-26-7-5-4-6-22(26)19-8-9-23(24(33)15-19)29(39)35-12-10-21(11-13-35)36-25-16-20(32)17-34-28(25)42-31(2,3)30(36)40/h4-9,15-18,21H,10-14,33H2,1-3H3,(H,37,38)/t18-/m1/s1. The van der Waals surface area contributed by atoms with E-state index >= 15 is 0 Å². The first-order valence-electron chi connectivity index (χ1n) is 13.8. The molecule has 1 aromatic heterocycles. The van der Waals surface area contributed by atoms with Gasteiger partial charge in [-0.25, -0.2) is 4.98 Å². The molecule has 2 amide bonds. The first-order chi connectivity index (χ1) is 19.9. The fraction of sp³-hybridized carbons (Fsp3) is 0.355. The van der Waals surface area contributed by atoms with Crippen LogP contribution in [-0.2, 0) is 9.59 Å². The number of nitrogen functional groups attached to an aromatic ring is 1. The van der Waals surface area contributed by atoms with E-state index in [1.807, 2.05) is 24.3 Å². The number of ether oxygens (including phenoxy) is 2. The number of amides is 2. The number of nitrogens with zero attached hydrogens (tertiary/aromatic N) is 3. The Bertz CT molecular complexity index is 1540. The van der Waals surface area contributed by atoms with Gasteiger partial charge in [0.05, 0.1) is 17.0 Å². The number of piperidine rings is 1. The molecule has 0 saturated carbocycles. The molecule has 0 bridgehead atoms. The van der Waals surface area contributed by atoms with E-state index < -0.39 is 17.7 Å². The Morgan fingerprint density at radius 3 is 2.60 bits per heavy atom. The number of halogens is 1.